The first-order chi connectivity index (χ1) is 5.49. The van der Waals surface area contributed by atoms with Gasteiger partial charge < -0.3 is 4.74 Å². The van der Waals surface area contributed by atoms with E-state index in [4.69, 9.17) is 16.3 Å². The molecule has 0 bridgehead atoms. The molecule has 0 N–H and O–H groups in total. The summed E-state index contributed by atoms with van der Waals surface area (Å²) in [7, 11) is 0. The molecule has 0 aromatic heterocycles. The van der Waals surface area contributed by atoms with Gasteiger partial charge >= 0.3 is 0 Å². The van der Waals surface area contributed by atoms with E-state index in [9.17, 15) is 0 Å². The van der Waals surface area contributed by atoms with Crippen molar-refractivity contribution in [3.05, 3.63) is 29.3 Å². The Morgan fingerprint density at radius 2 is 2.08 bits per heavy atom. The van der Waals surface area contributed by atoms with E-state index < -0.39 is 0 Å². The summed E-state index contributed by atoms with van der Waals surface area (Å²) in [5.74, 6) is 0.687. The first-order valence-electron chi connectivity index (χ1n) is 3.84. The van der Waals surface area contributed by atoms with Crippen LogP contribution in [0.1, 0.15) is 20.8 Å². The van der Waals surface area contributed by atoms with E-state index in [-0.39, 0.29) is 5.60 Å². The maximum absolute atomic E-state index is 5.85. The Bertz CT molecular complexity index is 263. The zero-order valence-electron chi connectivity index (χ0n) is 7.52. The van der Waals surface area contributed by atoms with Crippen LogP contribution >= 0.6 is 11.6 Å². The van der Waals surface area contributed by atoms with Gasteiger partial charge in [-0.15, -0.1) is 0 Å². The van der Waals surface area contributed by atoms with Gasteiger partial charge in [0.15, 0.2) is 0 Å². The summed E-state index contributed by atoms with van der Waals surface area (Å²) in [6.07, 6.45) is 0. The van der Waals surface area contributed by atoms with E-state index in [0.717, 1.165) is 0 Å². The molecule has 0 aliphatic rings. The second-order valence-corrected chi connectivity index (χ2v) is 3.94. The Morgan fingerprint density at radius 3 is 2.58 bits per heavy atom. The normalized spacial score (nSPS) is 11.3. The Labute approximate surface area is 78.3 Å². The lowest BCUT2D eigenvalue weighted by Gasteiger charge is -2.21. The minimum atomic E-state index is -0.209. The van der Waals surface area contributed by atoms with Crippen molar-refractivity contribution < 1.29 is 4.74 Å². The molecule has 0 heterocycles. The quantitative estimate of drug-likeness (QED) is 0.649. The summed E-state index contributed by atoms with van der Waals surface area (Å²) in [6.45, 7) is 5.95. The van der Waals surface area contributed by atoms with Gasteiger partial charge in [0, 0.05) is 6.07 Å². The first kappa shape index (κ1) is 9.40. The smallest absolute Gasteiger partial charge is 0.139 e. The number of hydrogen-bond acceptors (Lipinski definition) is 1. The molecule has 0 aliphatic heterocycles. The van der Waals surface area contributed by atoms with Crippen LogP contribution in [0.25, 0.3) is 0 Å². The summed E-state index contributed by atoms with van der Waals surface area (Å²) in [6, 6.07) is 8.32. The van der Waals surface area contributed by atoms with Gasteiger partial charge in [-0.2, -0.15) is 0 Å². The van der Waals surface area contributed by atoms with Crippen LogP contribution in [0.2, 0.25) is 5.02 Å². The number of benzene rings is 1. The number of halogens is 1. The van der Waals surface area contributed by atoms with Crippen LogP contribution in [-0.4, -0.2) is 5.60 Å². The summed E-state index contributed by atoms with van der Waals surface area (Å²) in [5, 5.41) is 0.535. The van der Waals surface area contributed by atoms with E-state index in [1.807, 2.05) is 32.9 Å². The van der Waals surface area contributed by atoms with Crippen molar-refractivity contribution in [2.45, 2.75) is 26.4 Å². The van der Waals surface area contributed by atoms with Gasteiger partial charge in [-0.05, 0) is 26.8 Å². The molecule has 2 heteroatoms. The third-order valence-electron chi connectivity index (χ3n) is 1.19. The summed E-state index contributed by atoms with van der Waals surface area (Å²) >= 11 is 5.85. The maximum Gasteiger partial charge on any atom is 0.139 e. The summed E-state index contributed by atoms with van der Waals surface area (Å²) in [4.78, 5) is 0. The van der Waals surface area contributed by atoms with Gasteiger partial charge in [0.25, 0.3) is 0 Å². The SMILES string of the molecule is CC(C)(C)Oc1ccc[c]c1Cl. The fraction of sp³-hybridized carbons (Fsp3) is 0.400. The van der Waals surface area contributed by atoms with Crippen LogP contribution in [0.15, 0.2) is 18.2 Å². The van der Waals surface area contributed by atoms with E-state index in [2.05, 4.69) is 6.07 Å². The van der Waals surface area contributed by atoms with E-state index in [1.165, 1.54) is 0 Å². The molecular weight excluding hydrogens is 172 g/mol. The Morgan fingerprint density at radius 1 is 1.42 bits per heavy atom. The highest BCUT2D eigenvalue weighted by Gasteiger charge is 2.13. The third kappa shape index (κ3) is 2.74. The molecule has 0 saturated heterocycles. The number of rotatable bonds is 1. The van der Waals surface area contributed by atoms with Gasteiger partial charge in [-0.1, -0.05) is 23.7 Å². The van der Waals surface area contributed by atoms with Crippen molar-refractivity contribution in [2.75, 3.05) is 0 Å². The van der Waals surface area contributed by atoms with Gasteiger partial charge in [-0.25, -0.2) is 0 Å². The minimum Gasteiger partial charge on any atom is -0.487 e. The topological polar surface area (TPSA) is 9.23 Å². The Hall–Kier alpha value is -0.690. The highest BCUT2D eigenvalue weighted by atomic mass is 35.5. The molecule has 0 atom stereocenters. The van der Waals surface area contributed by atoms with Crippen molar-refractivity contribution in [3.8, 4) is 5.75 Å². The lowest BCUT2D eigenvalue weighted by molar-refractivity contribution is 0.131. The Kier molecular flexibility index (Phi) is 2.63. The molecule has 0 spiro atoms. The molecule has 1 aromatic rings. The molecule has 0 fully saturated rings. The van der Waals surface area contributed by atoms with Crippen LogP contribution in [0.4, 0.5) is 0 Å². The van der Waals surface area contributed by atoms with E-state index in [1.54, 1.807) is 6.07 Å². The molecule has 0 saturated carbocycles. The predicted octanol–water partition coefficient (Wildman–Crippen LogP) is 3.32. The van der Waals surface area contributed by atoms with E-state index >= 15 is 0 Å². The summed E-state index contributed by atoms with van der Waals surface area (Å²) < 4.78 is 5.57. The lowest BCUT2D eigenvalue weighted by atomic mass is 10.2. The predicted molar refractivity (Wildman–Crippen MR) is 50.7 cm³/mol. The molecule has 1 nitrogen and oxygen atoms in total. The van der Waals surface area contributed by atoms with Crippen LogP contribution in [0, 0.1) is 6.07 Å². The fourth-order valence-electron chi connectivity index (χ4n) is 0.810. The van der Waals surface area contributed by atoms with Crippen molar-refractivity contribution in [1.82, 2.24) is 0 Å². The molecule has 12 heavy (non-hydrogen) atoms. The second kappa shape index (κ2) is 3.36. The standard InChI is InChI=1S/C10H12ClO/c1-10(2,3)12-9-7-5-4-6-8(9)11/h4-5,7H,1-3H3. The molecule has 1 radical (unpaired) electrons. The number of hydrogen-bond donors (Lipinski definition) is 0. The van der Waals surface area contributed by atoms with Crippen LogP contribution in [-0.2, 0) is 0 Å². The van der Waals surface area contributed by atoms with Crippen molar-refractivity contribution in [1.29, 1.82) is 0 Å². The van der Waals surface area contributed by atoms with Crippen molar-refractivity contribution in [2.24, 2.45) is 0 Å². The molecule has 0 unspecified atom stereocenters. The molecule has 1 aromatic carbocycles. The molecular formula is C10H12ClO. The zero-order valence-corrected chi connectivity index (χ0v) is 8.27. The summed E-state index contributed by atoms with van der Waals surface area (Å²) in [5.41, 5.74) is -0.209. The van der Waals surface area contributed by atoms with Crippen LogP contribution in [0.3, 0.4) is 0 Å². The minimum absolute atomic E-state index is 0.209. The van der Waals surface area contributed by atoms with Crippen molar-refractivity contribution >= 4 is 11.6 Å². The highest BCUT2D eigenvalue weighted by Crippen LogP contribution is 2.26. The Balaban J connectivity index is 2.83. The van der Waals surface area contributed by atoms with Gasteiger partial charge in [0.05, 0.1) is 5.02 Å². The van der Waals surface area contributed by atoms with Gasteiger partial charge in [0.1, 0.15) is 11.4 Å². The van der Waals surface area contributed by atoms with Crippen LogP contribution in [0.5, 0.6) is 5.75 Å². The van der Waals surface area contributed by atoms with Gasteiger partial charge in [0.2, 0.25) is 0 Å². The van der Waals surface area contributed by atoms with E-state index in [0.29, 0.717) is 10.8 Å². The first-order valence-corrected chi connectivity index (χ1v) is 4.22. The monoisotopic (exact) mass is 183 g/mol. The largest absolute Gasteiger partial charge is 0.487 e. The zero-order chi connectivity index (χ0) is 9.19. The highest BCUT2D eigenvalue weighted by molar-refractivity contribution is 6.31. The third-order valence-corrected chi connectivity index (χ3v) is 1.48. The molecule has 65 valence electrons. The fourth-order valence-corrected chi connectivity index (χ4v) is 0.974. The lowest BCUT2D eigenvalue weighted by Crippen LogP contribution is -2.23. The van der Waals surface area contributed by atoms with Crippen LogP contribution < -0.4 is 4.74 Å². The molecule has 0 amide bonds. The average molecular weight is 184 g/mol. The second-order valence-electron chi connectivity index (χ2n) is 3.56. The number of ether oxygens (including phenoxy) is 1. The average Bonchev–Trinajstić information content (AvgIpc) is 1.91. The maximum atomic E-state index is 5.85. The molecule has 0 aliphatic carbocycles. The molecule has 1 rings (SSSR count). The van der Waals surface area contributed by atoms with Crippen molar-refractivity contribution in [3.63, 3.8) is 0 Å². The van der Waals surface area contributed by atoms with Gasteiger partial charge in [-0.3, -0.25) is 0 Å².